The number of hydrogen-bond donors (Lipinski definition) is 2. The average Bonchev–Trinajstić information content (AvgIpc) is 2.33. The Morgan fingerprint density at radius 2 is 2.00 bits per heavy atom. The molecule has 94 valence electrons. The first kappa shape index (κ1) is 12.5. The molecule has 1 aromatic carbocycles. The van der Waals surface area contributed by atoms with E-state index in [1.165, 1.54) is 12.1 Å². The summed E-state index contributed by atoms with van der Waals surface area (Å²) in [5.41, 5.74) is 0.138. The SMILES string of the molecule is CN1CCC(O)(c2cc(F)ccc2CO)CC1. The molecular weight excluding hydrogens is 221 g/mol. The van der Waals surface area contributed by atoms with Gasteiger partial charge in [0.25, 0.3) is 0 Å². The van der Waals surface area contributed by atoms with E-state index in [0.29, 0.717) is 24.0 Å². The Morgan fingerprint density at radius 1 is 1.35 bits per heavy atom. The van der Waals surface area contributed by atoms with Gasteiger partial charge in [-0.15, -0.1) is 0 Å². The maximum absolute atomic E-state index is 13.3. The Hall–Kier alpha value is -0.970. The van der Waals surface area contributed by atoms with E-state index in [2.05, 4.69) is 4.90 Å². The lowest BCUT2D eigenvalue weighted by Gasteiger charge is -2.37. The predicted molar refractivity (Wildman–Crippen MR) is 63.0 cm³/mol. The van der Waals surface area contributed by atoms with Crippen LogP contribution in [0.1, 0.15) is 24.0 Å². The largest absolute Gasteiger partial charge is 0.392 e. The van der Waals surface area contributed by atoms with Crippen molar-refractivity contribution >= 4 is 0 Å². The van der Waals surface area contributed by atoms with Crippen LogP contribution < -0.4 is 0 Å². The maximum atomic E-state index is 13.3. The summed E-state index contributed by atoms with van der Waals surface area (Å²) in [4.78, 5) is 2.13. The molecule has 0 radical (unpaired) electrons. The lowest BCUT2D eigenvalue weighted by atomic mass is 9.82. The third-order valence-corrected chi connectivity index (χ3v) is 3.56. The van der Waals surface area contributed by atoms with Crippen molar-refractivity contribution < 1.29 is 14.6 Å². The second-order valence-electron chi connectivity index (χ2n) is 4.79. The summed E-state index contributed by atoms with van der Waals surface area (Å²) in [6, 6.07) is 4.20. The Kier molecular flexibility index (Phi) is 3.47. The van der Waals surface area contributed by atoms with Gasteiger partial charge < -0.3 is 15.1 Å². The van der Waals surface area contributed by atoms with Crippen LogP contribution >= 0.6 is 0 Å². The molecule has 0 aromatic heterocycles. The van der Waals surface area contributed by atoms with Crippen molar-refractivity contribution in [3.63, 3.8) is 0 Å². The van der Waals surface area contributed by atoms with Crippen molar-refractivity contribution in [3.8, 4) is 0 Å². The zero-order valence-corrected chi connectivity index (χ0v) is 9.99. The van der Waals surface area contributed by atoms with Crippen molar-refractivity contribution in [1.29, 1.82) is 0 Å². The van der Waals surface area contributed by atoms with E-state index in [9.17, 15) is 14.6 Å². The summed E-state index contributed by atoms with van der Waals surface area (Å²) < 4.78 is 13.3. The van der Waals surface area contributed by atoms with E-state index in [1.807, 2.05) is 7.05 Å². The van der Waals surface area contributed by atoms with Crippen molar-refractivity contribution in [2.24, 2.45) is 0 Å². The molecule has 0 atom stereocenters. The summed E-state index contributed by atoms with van der Waals surface area (Å²) in [5, 5.41) is 19.9. The lowest BCUT2D eigenvalue weighted by Crippen LogP contribution is -2.41. The summed E-state index contributed by atoms with van der Waals surface area (Å²) >= 11 is 0. The summed E-state index contributed by atoms with van der Waals surface area (Å²) in [6.07, 6.45) is 1.14. The highest BCUT2D eigenvalue weighted by atomic mass is 19.1. The van der Waals surface area contributed by atoms with E-state index < -0.39 is 5.60 Å². The van der Waals surface area contributed by atoms with E-state index in [1.54, 1.807) is 6.07 Å². The van der Waals surface area contributed by atoms with Crippen LogP contribution in [0.3, 0.4) is 0 Å². The quantitative estimate of drug-likeness (QED) is 0.816. The highest BCUT2D eigenvalue weighted by Gasteiger charge is 2.34. The summed E-state index contributed by atoms with van der Waals surface area (Å²) in [5.74, 6) is -0.371. The molecule has 2 rings (SSSR count). The van der Waals surface area contributed by atoms with Gasteiger partial charge in [0.2, 0.25) is 0 Å². The minimum Gasteiger partial charge on any atom is -0.392 e. The van der Waals surface area contributed by atoms with E-state index in [4.69, 9.17) is 0 Å². The van der Waals surface area contributed by atoms with E-state index in [-0.39, 0.29) is 12.4 Å². The number of hydrogen-bond acceptors (Lipinski definition) is 3. The first-order chi connectivity index (χ1) is 8.05. The van der Waals surface area contributed by atoms with Crippen LogP contribution in [0, 0.1) is 5.82 Å². The van der Waals surface area contributed by atoms with Crippen LogP contribution in [0.15, 0.2) is 18.2 Å². The van der Waals surface area contributed by atoms with Crippen LogP contribution in [0.4, 0.5) is 4.39 Å². The molecule has 1 fully saturated rings. The fourth-order valence-electron chi connectivity index (χ4n) is 2.38. The van der Waals surface area contributed by atoms with Crippen LogP contribution in [-0.2, 0) is 12.2 Å². The van der Waals surface area contributed by atoms with Gasteiger partial charge in [-0.05, 0) is 43.1 Å². The van der Waals surface area contributed by atoms with Gasteiger partial charge >= 0.3 is 0 Å². The van der Waals surface area contributed by atoms with Gasteiger partial charge in [0.05, 0.1) is 12.2 Å². The number of aliphatic hydroxyl groups is 2. The second-order valence-corrected chi connectivity index (χ2v) is 4.79. The van der Waals surface area contributed by atoms with Crippen molar-refractivity contribution in [2.75, 3.05) is 20.1 Å². The number of halogens is 1. The molecule has 17 heavy (non-hydrogen) atoms. The Morgan fingerprint density at radius 3 is 2.59 bits per heavy atom. The molecule has 2 N–H and O–H groups in total. The van der Waals surface area contributed by atoms with Crippen LogP contribution in [0.2, 0.25) is 0 Å². The molecule has 1 aliphatic heterocycles. The monoisotopic (exact) mass is 239 g/mol. The molecule has 1 saturated heterocycles. The van der Waals surface area contributed by atoms with Gasteiger partial charge in [0, 0.05) is 13.1 Å². The standard InChI is InChI=1S/C13H18FNO2/c1-15-6-4-13(17,5-7-15)12-8-11(14)3-2-10(12)9-16/h2-3,8,16-17H,4-7,9H2,1H3. The minimum absolute atomic E-state index is 0.173. The number of likely N-dealkylation sites (tertiary alicyclic amines) is 1. The molecule has 0 saturated carbocycles. The Labute approximate surface area is 100 Å². The third kappa shape index (κ3) is 2.49. The number of nitrogens with zero attached hydrogens (tertiary/aromatic N) is 1. The normalized spacial score (nSPS) is 20.5. The molecule has 0 aliphatic carbocycles. The molecule has 3 nitrogen and oxygen atoms in total. The Balaban J connectivity index is 2.34. The molecule has 0 spiro atoms. The van der Waals surface area contributed by atoms with E-state index in [0.717, 1.165) is 13.1 Å². The van der Waals surface area contributed by atoms with Crippen LogP contribution in [0.25, 0.3) is 0 Å². The van der Waals surface area contributed by atoms with Gasteiger partial charge in [-0.1, -0.05) is 6.07 Å². The lowest BCUT2D eigenvalue weighted by molar-refractivity contribution is -0.0219. The van der Waals surface area contributed by atoms with Gasteiger partial charge in [-0.25, -0.2) is 4.39 Å². The molecular formula is C13H18FNO2. The van der Waals surface area contributed by atoms with Crippen molar-refractivity contribution in [3.05, 3.63) is 35.1 Å². The highest BCUT2D eigenvalue weighted by molar-refractivity contribution is 5.33. The minimum atomic E-state index is -1.01. The average molecular weight is 239 g/mol. The second kappa shape index (κ2) is 4.72. The van der Waals surface area contributed by atoms with Crippen LogP contribution in [0.5, 0.6) is 0 Å². The van der Waals surface area contributed by atoms with Crippen LogP contribution in [-0.4, -0.2) is 35.3 Å². The Bertz CT molecular complexity index is 400. The molecule has 0 amide bonds. The topological polar surface area (TPSA) is 43.7 Å². The molecule has 1 aromatic rings. The van der Waals surface area contributed by atoms with Gasteiger partial charge in [0.1, 0.15) is 5.82 Å². The third-order valence-electron chi connectivity index (χ3n) is 3.56. The zero-order valence-electron chi connectivity index (χ0n) is 9.99. The van der Waals surface area contributed by atoms with Crippen molar-refractivity contribution in [1.82, 2.24) is 4.90 Å². The number of aliphatic hydroxyl groups excluding tert-OH is 1. The smallest absolute Gasteiger partial charge is 0.123 e. The highest BCUT2D eigenvalue weighted by Crippen LogP contribution is 2.34. The number of rotatable bonds is 2. The first-order valence-corrected chi connectivity index (χ1v) is 5.86. The number of piperidine rings is 1. The molecule has 0 unspecified atom stereocenters. The van der Waals surface area contributed by atoms with Gasteiger partial charge in [-0.3, -0.25) is 0 Å². The molecule has 0 bridgehead atoms. The van der Waals surface area contributed by atoms with Gasteiger partial charge in [-0.2, -0.15) is 0 Å². The number of benzene rings is 1. The molecule has 1 heterocycles. The van der Waals surface area contributed by atoms with Gasteiger partial charge in [0.15, 0.2) is 0 Å². The summed E-state index contributed by atoms with van der Waals surface area (Å²) in [7, 11) is 2.00. The molecule has 1 aliphatic rings. The van der Waals surface area contributed by atoms with Crippen molar-refractivity contribution in [2.45, 2.75) is 25.0 Å². The summed E-state index contributed by atoms with van der Waals surface area (Å²) in [6.45, 7) is 1.38. The fourth-order valence-corrected chi connectivity index (χ4v) is 2.38. The first-order valence-electron chi connectivity index (χ1n) is 5.86. The predicted octanol–water partition coefficient (Wildman–Crippen LogP) is 1.23. The molecule has 4 heteroatoms. The zero-order chi connectivity index (χ0) is 12.5. The maximum Gasteiger partial charge on any atom is 0.123 e. The van der Waals surface area contributed by atoms with E-state index >= 15 is 0 Å². The fraction of sp³-hybridized carbons (Fsp3) is 0.538.